The Morgan fingerprint density at radius 2 is 2.00 bits per heavy atom. The van der Waals surface area contributed by atoms with E-state index in [1.807, 2.05) is 0 Å². The minimum absolute atomic E-state index is 0.0299. The van der Waals surface area contributed by atoms with Gasteiger partial charge in [-0.1, -0.05) is 49.4 Å². The molecule has 0 bridgehead atoms. The highest BCUT2D eigenvalue weighted by Gasteiger charge is 2.66. The fourth-order valence-corrected chi connectivity index (χ4v) is 4.43. The maximum atomic E-state index is 6.13. The molecule has 4 aliphatic rings. The van der Waals surface area contributed by atoms with Gasteiger partial charge in [-0.25, -0.2) is 4.99 Å². The summed E-state index contributed by atoms with van der Waals surface area (Å²) in [6.07, 6.45) is 16.0. The highest BCUT2D eigenvalue weighted by molar-refractivity contribution is 5.79. The third-order valence-corrected chi connectivity index (χ3v) is 6.28. The molecule has 2 N–H and O–H groups in total. The van der Waals surface area contributed by atoms with Gasteiger partial charge in [0.15, 0.2) is 0 Å². The lowest BCUT2D eigenvalue weighted by Gasteiger charge is -2.39. The normalized spacial score (nSPS) is 33.3. The van der Waals surface area contributed by atoms with Crippen LogP contribution in [-0.4, -0.2) is 19.2 Å². The van der Waals surface area contributed by atoms with Gasteiger partial charge in [0.2, 0.25) is 0 Å². The van der Waals surface area contributed by atoms with Crippen LogP contribution in [0.2, 0.25) is 0 Å². The number of nitrogens with two attached hydrogens (primary N) is 1. The van der Waals surface area contributed by atoms with E-state index in [9.17, 15) is 0 Å². The average molecular weight is 360 g/mol. The lowest BCUT2D eigenvalue weighted by Crippen LogP contribution is -2.44. The largest absolute Gasteiger partial charge is 0.493 e. The molecule has 0 radical (unpaired) electrons. The van der Waals surface area contributed by atoms with Gasteiger partial charge in [0, 0.05) is 11.0 Å². The summed E-state index contributed by atoms with van der Waals surface area (Å²) in [6, 6.07) is 6.74. The minimum atomic E-state index is -0.407. The highest BCUT2D eigenvalue weighted by Crippen LogP contribution is 2.65. The van der Waals surface area contributed by atoms with Gasteiger partial charge in [0.1, 0.15) is 17.9 Å². The van der Waals surface area contributed by atoms with Crippen LogP contribution in [0.3, 0.4) is 0 Å². The molecule has 5 rings (SSSR count). The van der Waals surface area contributed by atoms with Crippen molar-refractivity contribution >= 4 is 11.6 Å². The summed E-state index contributed by atoms with van der Waals surface area (Å²) in [5.74, 6) is 0.903. The molecule has 1 atom stereocenters. The summed E-state index contributed by atoms with van der Waals surface area (Å²) in [5, 5.41) is 0. The van der Waals surface area contributed by atoms with Crippen LogP contribution in [0, 0.1) is 5.41 Å². The summed E-state index contributed by atoms with van der Waals surface area (Å²) < 4.78 is 11.8. The highest BCUT2D eigenvalue weighted by atomic mass is 16.5. The first-order valence-electron chi connectivity index (χ1n) is 9.67. The number of allylic oxidation sites excluding steroid dienone is 8. The summed E-state index contributed by atoms with van der Waals surface area (Å²) in [5.41, 5.74) is 10.3. The second-order valence-corrected chi connectivity index (χ2v) is 7.82. The molecule has 1 aromatic carbocycles. The van der Waals surface area contributed by atoms with Crippen molar-refractivity contribution in [1.82, 2.24) is 0 Å². The van der Waals surface area contributed by atoms with E-state index >= 15 is 0 Å². The number of rotatable bonds is 2. The molecule has 2 aliphatic carbocycles. The van der Waals surface area contributed by atoms with Gasteiger partial charge in [-0.15, -0.1) is 0 Å². The first-order valence-corrected chi connectivity index (χ1v) is 9.67. The number of nitrogens with zero attached hydrogens (tertiary/aromatic N) is 1. The second-order valence-electron chi connectivity index (χ2n) is 7.82. The molecule has 4 heteroatoms. The molecule has 138 valence electrons. The predicted octanol–water partition coefficient (Wildman–Crippen LogP) is 4.25. The lowest BCUT2D eigenvalue weighted by molar-refractivity contribution is 0.0871. The summed E-state index contributed by atoms with van der Waals surface area (Å²) >= 11 is 0. The quantitative estimate of drug-likeness (QED) is 0.858. The Kier molecular flexibility index (Phi) is 3.58. The van der Waals surface area contributed by atoms with Crippen molar-refractivity contribution in [2.45, 2.75) is 31.7 Å². The molecule has 1 saturated carbocycles. The lowest BCUT2D eigenvalue weighted by atomic mass is 9.74. The molecule has 1 fully saturated rings. The number of benzene rings is 1. The van der Waals surface area contributed by atoms with Gasteiger partial charge in [0.25, 0.3) is 6.02 Å². The van der Waals surface area contributed by atoms with Crippen molar-refractivity contribution in [3.63, 3.8) is 0 Å². The summed E-state index contributed by atoms with van der Waals surface area (Å²) in [4.78, 5) is 4.82. The van der Waals surface area contributed by atoms with Crippen molar-refractivity contribution < 1.29 is 9.47 Å². The Labute approximate surface area is 159 Å². The fourth-order valence-electron chi connectivity index (χ4n) is 4.43. The fraction of sp³-hybridized carbons (Fsp3) is 0.348. The van der Waals surface area contributed by atoms with Gasteiger partial charge >= 0.3 is 0 Å². The molecule has 1 unspecified atom stereocenters. The van der Waals surface area contributed by atoms with Crippen LogP contribution in [0.15, 0.2) is 65.2 Å². The number of hydrogen-bond donors (Lipinski definition) is 1. The average Bonchev–Trinajstić information content (AvgIpc) is 3.34. The Morgan fingerprint density at radius 1 is 1.11 bits per heavy atom. The van der Waals surface area contributed by atoms with Crippen molar-refractivity contribution in [1.29, 1.82) is 0 Å². The van der Waals surface area contributed by atoms with Crippen molar-refractivity contribution in [2.75, 3.05) is 13.2 Å². The van der Waals surface area contributed by atoms with E-state index in [4.69, 9.17) is 20.2 Å². The topological polar surface area (TPSA) is 56.8 Å². The summed E-state index contributed by atoms with van der Waals surface area (Å²) in [7, 11) is 0. The van der Waals surface area contributed by atoms with E-state index in [1.165, 1.54) is 16.7 Å². The van der Waals surface area contributed by atoms with Gasteiger partial charge in [-0.3, -0.25) is 0 Å². The third kappa shape index (κ3) is 2.47. The van der Waals surface area contributed by atoms with Crippen LogP contribution in [0.5, 0.6) is 5.75 Å². The molecule has 2 heterocycles. The van der Waals surface area contributed by atoms with Crippen molar-refractivity contribution in [2.24, 2.45) is 16.1 Å². The molecule has 4 nitrogen and oxygen atoms in total. The number of ether oxygens (including phenoxy) is 2. The van der Waals surface area contributed by atoms with Crippen LogP contribution in [0.1, 0.15) is 37.3 Å². The third-order valence-electron chi connectivity index (χ3n) is 6.28. The van der Waals surface area contributed by atoms with E-state index in [0.29, 0.717) is 19.2 Å². The first kappa shape index (κ1) is 16.4. The Morgan fingerprint density at radius 3 is 2.74 bits per heavy atom. The minimum Gasteiger partial charge on any atom is -0.493 e. The van der Waals surface area contributed by atoms with Gasteiger partial charge in [0.05, 0.1) is 6.61 Å². The van der Waals surface area contributed by atoms with Crippen LogP contribution in [0.25, 0.3) is 5.57 Å². The van der Waals surface area contributed by atoms with E-state index in [1.54, 1.807) is 0 Å². The zero-order valence-electron chi connectivity index (χ0n) is 15.6. The molecular weight excluding hydrogens is 336 g/mol. The zero-order chi connectivity index (χ0) is 18.5. The number of hydrogen-bond acceptors (Lipinski definition) is 4. The smallest absolute Gasteiger partial charge is 0.283 e. The maximum absolute atomic E-state index is 6.13. The molecule has 0 aromatic heterocycles. The van der Waals surface area contributed by atoms with Crippen LogP contribution < -0.4 is 10.5 Å². The molecule has 0 amide bonds. The Hall–Kier alpha value is -2.75. The van der Waals surface area contributed by atoms with Crippen LogP contribution in [-0.2, 0) is 10.3 Å². The number of amidine groups is 1. The molecule has 2 spiro atoms. The first-order chi connectivity index (χ1) is 13.2. The van der Waals surface area contributed by atoms with Crippen molar-refractivity contribution in [3.05, 3.63) is 71.4 Å². The Bertz CT molecular complexity index is 947. The number of aliphatic imine (C=N–C) groups is 1. The maximum Gasteiger partial charge on any atom is 0.283 e. The van der Waals surface area contributed by atoms with Gasteiger partial charge in [-0.2, -0.15) is 0 Å². The van der Waals surface area contributed by atoms with E-state index in [-0.39, 0.29) is 5.41 Å². The van der Waals surface area contributed by atoms with E-state index in [0.717, 1.165) is 30.6 Å². The van der Waals surface area contributed by atoms with E-state index < -0.39 is 5.54 Å². The standard InChI is InChI=1S/C23H24N2O2/c1-2-16-6-4-3-5-7-17(12-16)18-8-9-20-19(13-18)23(15-27-21(24)25-23)22(10-11-22)14-26-20/h3-9,12-13H,2,10-11,14-15H2,1H3,(H2,24,25)/b4-3?,5-3+,6-4+,7-5?,16-6?,16-12-,17-7+,17-12?. The Balaban J connectivity index is 1.64. The van der Waals surface area contributed by atoms with Crippen LogP contribution >= 0.6 is 0 Å². The molecule has 2 aliphatic heterocycles. The summed E-state index contributed by atoms with van der Waals surface area (Å²) in [6.45, 7) is 3.38. The molecule has 0 saturated heterocycles. The van der Waals surface area contributed by atoms with Gasteiger partial charge in [-0.05, 0) is 48.1 Å². The number of fused-ring (bicyclic) bond motifs is 3. The molecule has 27 heavy (non-hydrogen) atoms. The molecular formula is C23H24N2O2. The van der Waals surface area contributed by atoms with Crippen molar-refractivity contribution in [3.8, 4) is 5.75 Å². The van der Waals surface area contributed by atoms with E-state index in [2.05, 4.69) is 61.6 Å². The van der Waals surface area contributed by atoms with Crippen LogP contribution in [0.4, 0.5) is 0 Å². The van der Waals surface area contributed by atoms with Gasteiger partial charge < -0.3 is 15.2 Å². The zero-order valence-corrected chi connectivity index (χ0v) is 15.6. The predicted molar refractivity (Wildman–Crippen MR) is 107 cm³/mol. The molecule has 1 aromatic rings. The monoisotopic (exact) mass is 360 g/mol. The second kappa shape index (κ2) is 5.88. The SMILES string of the molecule is CCC1=C/C(c2ccc3c(c2)C2(COC(N)=N2)C2(CC2)CO3)=C\C=C\C=C\1.